The Morgan fingerprint density at radius 1 is 1.11 bits per heavy atom. The van der Waals surface area contributed by atoms with Crippen molar-refractivity contribution in [2.45, 2.75) is 4.90 Å². The number of aryl methyl sites for hydroxylation is 1. The van der Waals surface area contributed by atoms with E-state index in [4.69, 9.17) is 4.74 Å². The van der Waals surface area contributed by atoms with E-state index in [0.717, 1.165) is 12.1 Å². The lowest BCUT2D eigenvalue weighted by Gasteiger charge is -2.06. The van der Waals surface area contributed by atoms with E-state index in [2.05, 4.69) is 4.98 Å². The van der Waals surface area contributed by atoms with E-state index in [-0.39, 0.29) is 16.4 Å². The van der Waals surface area contributed by atoms with Crippen molar-refractivity contribution in [1.82, 2.24) is 14.3 Å². The van der Waals surface area contributed by atoms with Crippen LogP contribution in [0.5, 0.6) is 5.75 Å². The Kier molecular flexibility index (Phi) is 5.14. The van der Waals surface area contributed by atoms with E-state index in [1.165, 1.54) is 55.3 Å². The molecule has 0 aliphatic carbocycles. The Morgan fingerprint density at radius 3 is 2.29 bits per heavy atom. The molecule has 1 heterocycles. The van der Waals surface area contributed by atoms with Crippen LogP contribution in [0.1, 0.15) is 10.5 Å². The molecule has 0 saturated heterocycles. The van der Waals surface area contributed by atoms with Gasteiger partial charge in [0.15, 0.2) is 0 Å². The Hall–Kier alpha value is -3.27. The molecule has 0 saturated carbocycles. The molecule has 10 heteroatoms. The van der Waals surface area contributed by atoms with Crippen molar-refractivity contribution < 1.29 is 26.7 Å². The SMILES string of the molecule is COc1ccc(S(=O)(=O)NC(=O)c2cn(C)c(-c3c(F)cccc3F)n2)cc1. The molecule has 2 aromatic carbocycles. The van der Waals surface area contributed by atoms with Crippen LogP contribution in [0.15, 0.2) is 53.6 Å². The van der Waals surface area contributed by atoms with E-state index in [1.54, 1.807) is 0 Å². The fourth-order valence-electron chi connectivity index (χ4n) is 2.51. The minimum absolute atomic E-state index is 0.150. The number of imidazole rings is 1. The van der Waals surface area contributed by atoms with Gasteiger partial charge in [0.2, 0.25) is 0 Å². The molecule has 0 bridgehead atoms. The molecule has 1 aromatic heterocycles. The number of hydrogen-bond donors (Lipinski definition) is 1. The largest absolute Gasteiger partial charge is 0.497 e. The number of ether oxygens (including phenoxy) is 1. The summed E-state index contributed by atoms with van der Waals surface area (Å²) in [7, 11) is -1.30. The fraction of sp³-hybridized carbons (Fsp3) is 0.111. The number of amides is 1. The smallest absolute Gasteiger partial charge is 0.285 e. The molecule has 0 fully saturated rings. The van der Waals surface area contributed by atoms with Gasteiger partial charge in [0.1, 0.15) is 28.9 Å². The van der Waals surface area contributed by atoms with Gasteiger partial charge in [-0.3, -0.25) is 4.79 Å². The molecular formula is C18H15F2N3O4S. The zero-order valence-corrected chi connectivity index (χ0v) is 15.6. The van der Waals surface area contributed by atoms with Crippen molar-refractivity contribution in [3.8, 4) is 17.1 Å². The highest BCUT2D eigenvalue weighted by molar-refractivity contribution is 7.90. The average molecular weight is 407 g/mol. The highest BCUT2D eigenvalue weighted by Gasteiger charge is 2.23. The molecule has 3 rings (SSSR count). The summed E-state index contributed by atoms with van der Waals surface area (Å²) >= 11 is 0. The number of halogens is 2. The maximum atomic E-state index is 14.0. The topological polar surface area (TPSA) is 90.3 Å². The van der Waals surface area contributed by atoms with Crippen molar-refractivity contribution in [3.63, 3.8) is 0 Å². The molecule has 28 heavy (non-hydrogen) atoms. The second-order valence-electron chi connectivity index (χ2n) is 5.77. The summed E-state index contributed by atoms with van der Waals surface area (Å²) in [5, 5.41) is 0. The van der Waals surface area contributed by atoms with E-state index >= 15 is 0 Å². The van der Waals surface area contributed by atoms with E-state index in [1.807, 2.05) is 4.72 Å². The number of aromatic nitrogens is 2. The number of hydrogen-bond acceptors (Lipinski definition) is 5. The van der Waals surface area contributed by atoms with Crippen LogP contribution < -0.4 is 9.46 Å². The van der Waals surface area contributed by atoms with Gasteiger partial charge in [-0.05, 0) is 36.4 Å². The molecular weight excluding hydrogens is 392 g/mol. The number of methoxy groups -OCH3 is 1. The van der Waals surface area contributed by atoms with Crippen LogP contribution in [-0.2, 0) is 17.1 Å². The van der Waals surface area contributed by atoms with Gasteiger partial charge in [0.25, 0.3) is 15.9 Å². The number of nitrogens with one attached hydrogen (secondary N) is 1. The first kappa shape index (κ1) is 19.5. The Morgan fingerprint density at radius 2 is 1.71 bits per heavy atom. The maximum Gasteiger partial charge on any atom is 0.285 e. The molecule has 1 N–H and O–H groups in total. The lowest BCUT2D eigenvalue weighted by atomic mass is 10.2. The summed E-state index contributed by atoms with van der Waals surface area (Å²) in [4.78, 5) is 16.1. The van der Waals surface area contributed by atoms with E-state index < -0.39 is 33.1 Å². The molecule has 0 radical (unpaired) electrons. The third kappa shape index (κ3) is 3.72. The summed E-state index contributed by atoms with van der Waals surface area (Å²) < 4.78 is 60.7. The first-order chi connectivity index (χ1) is 13.2. The first-order valence-electron chi connectivity index (χ1n) is 7.92. The van der Waals surface area contributed by atoms with Crippen molar-refractivity contribution in [1.29, 1.82) is 0 Å². The summed E-state index contributed by atoms with van der Waals surface area (Å²) in [6, 6.07) is 8.71. The lowest BCUT2D eigenvalue weighted by Crippen LogP contribution is -2.30. The van der Waals surface area contributed by atoms with Gasteiger partial charge in [0.05, 0.1) is 17.6 Å². The van der Waals surface area contributed by atoms with Crippen LogP contribution in [0.2, 0.25) is 0 Å². The maximum absolute atomic E-state index is 14.0. The second-order valence-corrected chi connectivity index (χ2v) is 7.45. The molecule has 0 aliphatic rings. The first-order valence-corrected chi connectivity index (χ1v) is 9.40. The number of sulfonamides is 1. The van der Waals surface area contributed by atoms with Crippen LogP contribution in [0.25, 0.3) is 11.4 Å². The normalized spacial score (nSPS) is 11.3. The van der Waals surface area contributed by atoms with Crippen molar-refractivity contribution in [2.24, 2.45) is 7.05 Å². The van der Waals surface area contributed by atoms with E-state index in [0.29, 0.717) is 5.75 Å². The average Bonchev–Trinajstić information content (AvgIpc) is 3.03. The predicted molar refractivity (Wildman–Crippen MR) is 96.2 cm³/mol. The monoisotopic (exact) mass is 407 g/mol. The number of carbonyl (C=O) groups is 1. The number of benzene rings is 2. The molecule has 3 aromatic rings. The van der Waals surface area contributed by atoms with Crippen LogP contribution in [0.3, 0.4) is 0 Å². The van der Waals surface area contributed by atoms with Gasteiger partial charge in [-0.25, -0.2) is 26.9 Å². The molecule has 0 aliphatic heterocycles. The van der Waals surface area contributed by atoms with Gasteiger partial charge in [-0.1, -0.05) is 6.07 Å². The minimum atomic E-state index is -4.17. The van der Waals surface area contributed by atoms with Crippen molar-refractivity contribution in [3.05, 3.63) is 66.0 Å². The Bertz CT molecular complexity index is 1120. The number of carbonyl (C=O) groups excluding carboxylic acids is 1. The molecule has 7 nitrogen and oxygen atoms in total. The summed E-state index contributed by atoms with van der Waals surface area (Å²) in [6.07, 6.45) is 1.18. The molecule has 1 amide bonds. The van der Waals surface area contributed by atoms with Crippen molar-refractivity contribution >= 4 is 15.9 Å². The van der Waals surface area contributed by atoms with Crippen LogP contribution in [-0.4, -0.2) is 31.0 Å². The minimum Gasteiger partial charge on any atom is -0.497 e. The second kappa shape index (κ2) is 7.39. The van der Waals surface area contributed by atoms with Crippen LogP contribution >= 0.6 is 0 Å². The molecule has 0 spiro atoms. The van der Waals surface area contributed by atoms with Gasteiger partial charge in [-0.15, -0.1) is 0 Å². The zero-order chi connectivity index (χ0) is 20.5. The summed E-state index contributed by atoms with van der Waals surface area (Å²) in [5.41, 5.74) is -0.723. The third-order valence-electron chi connectivity index (χ3n) is 3.89. The summed E-state index contributed by atoms with van der Waals surface area (Å²) in [6.45, 7) is 0. The van der Waals surface area contributed by atoms with Crippen LogP contribution in [0, 0.1) is 11.6 Å². The fourth-order valence-corrected chi connectivity index (χ4v) is 3.47. The highest BCUT2D eigenvalue weighted by Crippen LogP contribution is 2.25. The quantitative estimate of drug-likeness (QED) is 0.702. The van der Waals surface area contributed by atoms with Gasteiger partial charge in [0, 0.05) is 13.2 Å². The Balaban J connectivity index is 1.89. The molecule has 146 valence electrons. The number of nitrogens with zero attached hydrogens (tertiary/aromatic N) is 2. The number of rotatable bonds is 5. The third-order valence-corrected chi connectivity index (χ3v) is 5.24. The Labute approximate surface area is 159 Å². The van der Waals surface area contributed by atoms with Crippen molar-refractivity contribution in [2.75, 3.05) is 7.11 Å². The highest BCUT2D eigenvalue weighted by atomic mass is 32.2. The standard InChI is InChI=1S/C18H15F2N3O4S/c1-23-10-15(21-17(23)16-13(19)4-3-5-14(16)20)18(24)22-28(25,26)12-8-6-11(27-2)7-9-12/h3-10H,1-2H3,(H,22,24). The summed E-state index contributed by atoms with van der Waals surface area (Å²) in [5.74, 6) is -2.44. The zero-order valence-electron chi connectivity index (χ0n) is 14.8. The molecule has 0 atom stereocenters. The molecule has 0 unspecified atom stereocenters. The van der Waals surface area contributed by atoms with E-state index in [9.17, 15) is 22.0 Å². The van der Waals surface area contributed by atoms with Crippen LogP contribution in [0.4, 0.5) is 8.78 Å². The van der Waals surface area contributed by atoms with Gasteiger partial charge in [-0.2, -0.15) is 0 Å². The van der Waals surface area contributed by atoms with Gasteiger partial charge >= 0.3 is 0 Å². The lowest BCUT2D eigenvalue weighted by molar-refractivity contribution is 0.0977. The van der Waals surface area contributed by atoms with Gasteiger partial charge < -0.3 is 9.30 Å². The predicted octanol–water partition coefficient (Wildman–Crippen LogP) is 2.49.